The molecule has 1 aromatic rings. The van der Waals surface area contributed by atoms with Crippen LogP contribution in [0.1, 0.15) is 31.1 Å². The van der Waals surface area contributed by atoms with Gasteiger partial charge in [-0.1, -0.05) is 0 Å². The number of hydrogen-bond acceptors (Lipinski definition) is 2. The third-order valence-corrected chi connectivity index (χ3v) is 1.72. The summed E-state index contributed by atoms with van der Waals surface area (Å²) in [7, 11) is 0. The van der Waals surface area contributed by atoms with E-state index in [1.54, 1.807) is 0 Å². The molecule has 82 valence electrons. The summed E-state index contributed by atoms with van der Waals surface area (Å²) in [4.78, 5) is 11.6. The highest BCUT2D eigenvalue weighted by molar-refractivity contribution is 5.95. The molecule has 0 radical (unpaired) electrons. The molecule has 15 heavy (non-hydrogen) atoms. The molecule has 1 rings (SSSR count). The van der Waals surface area contributed by atoms with E-state index in [1.807, 2.05) is 20.8 Å². The first kappa shape index (κ1) is 11.5. The van der Waals surface area contributed by atoms with Crippen LogP contribution in [0.2, 0.25) is 0 Å². The molecule has 0 unspecified atom stereocenters. The van der Waals surface area contributed by atoms with Gasteiger partial charge >= 0.3 is 0 Å². The van der Waals surface area contributed by atoms with Crippen LogP contribution in [0.25, 0.3) is 0 Å². The van der Waals surface area contributed by atoms with Crippen molar-refractivity contribution in [3.63, 3.8) is 0 Å². The number of halogens is 1. The summed E-state index contributed by atoms with van der Waals surface area (Å²) in [5.41, 5.74) is 5.44. The molecule has 0 saturated carbocycles. The molecule has 0 heterocycles. The number of nitrogen functional groups attached to an aromatic ring is 1. The fourth-order valence-corrected chi connectivity index (χ4v) is 1.12. The van der Waals surface area contributed by atoms with Gasteiger partial charge in [-0.15, -0.1) is 0 Å². The maximum atomic E-state index is 13.3. The third kappa shape index (κ3) is 3.23. The van der Waals surface area contributed by atoms with Gasteiger partial charge in [-0.3, -0.25) is 4.79 Å². The van der Waals surface area contributed by atoms with Crippen LogP contribution in [0.5, 0.6) is 0 Å². The Bertz CT molecular complexity index is 383. The number of amides is 1. The van der Waals surface area contributed by atoms with Crippen molar-refractivity contribution in [2.45, 2.75) is 26.3 Å². The Morgan fingerprint density at radius 2 is 2.00 bits per heavy atom. The Morgan fingerprint density at radius 3 is 2.53 bits per heavy atom. The Hall–Kier alpha value is -1.58. The van der Waals surface area contributed by atoms with E-state index < -0.39 is 17.3 Å². The zero-order chi connectivity index (χ0) is 11.6. The zero-order valence-electron chi connectivity index (χ0n) is 9.10. The summed E-state index contributed by atoms with van der Waals surface area (Å²) in [6.07, 6.45) is 0. The molecule has 0 aliphatic heterocycles. The molecule has 0 saturated heterocycles. The average Bonchev–Trinajstić information content (AvgIpc) is 2.06. The predicted molar refractivity (Wildman–Crippen MR) is 58.0 cm³/mol. The molecule has 1 amide bonds. The van der Waals surface area contributed by atoms with Crippen molar-refractivity contribution in [3.8, 4) is 0 Å². The van der Waals surface area contributed by atoms with Crippen molar-refractivity contribution < 1.29 is 9.18 Å². The van der Waals surface area contributed by atoms with Gasteiger partial charge in [0.25, 0.3) is 5.91 Å². The minimum atomic E-state index is -0.564. The van der Waals surface area contributed by atoms with Crippen LogP contribution in [0.3, 0.4) is 0 Å². The van der Waals surface area contributed by atoms with Crippen LogP contribution in [0, 0.1) is 5.82 Å². The highest BCUT2D eigenvalue weighted by atomic mass is 19.1. The molecule has 1 aromatic carbocycles. The van der Waals surface area contributed by atoms with Gasteiger partial charge in [0.15, 0.2) is 0 Å². The summed E-state index contributed by atoms with van der Waals surface area (Å²) in [5, 5.41) is 2.67. The summed E-state index contributed by atoms with van der Waals surface area (Å²) in [6, 6.07) is 3.94. The van der Waals surface area contributed by atoms with Gasteiger partial charge in [0.05, 0.1) is 5.56 Å². The number of rotatable bonds is 1. The van der Waals surface area contributed by atoms with Gasteiger partial charge < -0.3 is 11.1 Å². The second-order valence-corrected chi connectivity index (χ2v) is 4.44. The molecular weight excluding hydrogens is 195 g/mol. The minimum absolute atomic E-state index is 0.0232. The monoisotopic (exact) mass is 210 g/mol. The van der Waals surface area contributed by atoms with Crippen molar-refractivity contribution >= 4 is 11.6 Å². The molecule has 0 spiro atoms. The van der Waals surface area contributed by atoms with Crippen LogP contribution in [-0.2, 0) is 0 Å². The van der Waals surface area contributed by atoms with E-state index in [0.717, 1.165) is 0 Å². The van der Waals surface area contributed by atoms with Crippen LogP contribution in [0.4, 0.5) is 10.1 Å². The first-order chi connectivity index (χ1) is 6.79. The smallest absolute Gasteiger partial charge is 0.254 e. The zero-order valence-corrected chi connectivity index (χ0v) is 9.10. The molecule has 0 aliphatic rings. The topological polar surface area (TPSA) is 55.1 Å². The number of carbonyl (C=O) groups is 1. The fraction of sp³-hybridized carbons (Fsp3) is 0.364. The van der Waals surface area contributed by atoms with Gasteiger partial charge in [0.1, 0.15) is 5.82 Å². The first-order valence-electron chi connectivity index (χ1n) is 4.67. The van der Waals surface area contributed by atoms with Crippen LogP contribution >= 0.6 is 0 Å². The Balaban J connectivity index is 2.96. The van der Waals surface area contributed by atoms with E-state index >= 15 is 0 Å². The van der Waals surface area contributed by atoms with Crippen LogP contribution in [0.15, 0.2) is 18.2 Å². The van der Waals surface area contributed by atoms with E-state index in [9.17, 15) is 9.18 Å². The van der Waals surface area contributed by atoms with Crippen LogP contribution < -0.4 is 11.1 Å². The lowest BCUT2D eigenvalue weighted by Crippen LogP contribution is -2.40. The molecule has 4 heteroatoms. The number of carbonyl (C=O) groups excluding carboxylic acids is 1. The van der Waals surface area contributed by atoms with Gasteiger partial charge in [-0.05, 0) is 39.0 Å². The molecule has 0 bridgehead atoms. The number of nitrogens with one attached hydrogen (secondary N) is 1. The average molecular weight is 210 g/mol. The van der Waals surface area contributed by atoms with Gasteiger partial charge in [0, 0.05) is 11.2 Å². The fourth-order valence-electron chi connectivity index (χ4n) is 1.12. The summed E-state index contributed by atoms with van der Waals surface area (Å²) in [6.45, 7) is 5.49. The molecule has 0 atom stereocenters. The van der Waals surface area contributed by atoms with Crippen molar-refractivity contribution in [1.29, 1.82) is 0 Å². The summed E-state index contributed by atoms with van der Waals surface area (Å²) < 4.78 is 13.3. The Morgan fingerprint density at radius 1 is 1.40 bits per heavy atom. The highest BCUT2D eigenvalue weighted by Gasteiger charge is 2.18. The summed E-state index contributed by atoms with van der Waals surface area (Å²) in [5.74, 6) is -1.02. The molecule has 3 N–H and O–H groups in total. The lowest BCUT2D eigenvalue weighted by Gasteiger charge is -2.20. The molecular formula is C11H15FN2O. The third-order valence-electron chi connectivity index (χ3n) is 1.72. The number of nitrogens with two attached hydrogens (primary N) is 1. The molecule has 0 aromatic heterocycles. The number of hydrogen-bond donors (Lipinski definition) is 2. The number of anilines is 1. The highest BCUT2D eigenvalue weighted by Crippen LogP contribution is 2.13. The molecule has 0 fully saturated rings. The second kappa shape index (κ2) is 3.88. The normalized spacial score (nSPS) is 11.2. The largest absolute Gasteiger partial charge is 0.399 e. The lowest BCUT2D eigenvalue weighted by atomic mass is 10.1. The van der Waals surface area contributed by atoms with Gasteiger partial charge in [-0.25, -0.2) is 4.39 Å². The maximum Gasteiger partial charge on any atom is 0.254 e. The molecule has 3 nitrogen and oxygen atoms in total. The van der Waals surface area contributed by atoms with E-state index in [4.69, 9.17) is 5.73 Å². The number of benzene rings is 1. The van der Waals surface area contributed by atoms with Crippen molar-refractivity contribution in [2.24, 2.45) is 0 Å². The standard InChI is InChI=1S/C11H15FN2O/c1-11(2,3)14-10(15)8-6-7(13)4-5-9(8)12/h4-6H,13H2,1-3H3,(H,14,15). The Kier molecular flexibility index (Phi) is 2.98. The SMILES string of the molecule is CC(C)(C)NC(=O)c1cc(N)ccc1F. The van der Waals surface area contributed by atoms with E-state index in [0.29, 0.717) is 5.69 Å². The van der Waals surface area contributed by atoms with Gasteiger partial charge in [-0.2, -0.15) is 0 Å². The van der Waals surface area contributed by atoms with Crippen molar-refractivity contribution in [3.05, 3.63) is 29.6 Å². The van der Waals surface area contributed by atoms with E-state index in [1.165, 1.54) is 18.2 Å². The van der Waals surface area contributed by atoms with Crippen LogP contribution in [-0.4, -0.2) is 11.4 Å². The molecule has 0 aliphatic carbocycles. The first-order valence-corrected chi connectivity index (χ1v) is 4.67. The quantitative estimate of drug-likeness (QED) is 0.696. The lowest BCUT2D eigenvalue weighted by molar-refractivity contribution is 0.0915. The maximum absolute atomic E-state index is 13.3. The van der Waals surface area contributed by atoms with Gasteiger partial charge in [0.2, 0.25) is 0 Å². The summed E-state index contributed by atoms with van der Waals surface area (Å²) >= 11 is 0. The predicted octanol–water partition coefficient (Wildman–Crippen LogP) is 1.94. The van der Waals surface area contributed by atoms with E-state index in [2.05, 4.69) is 5.32 Å². The van der Waals surface area contributed by atoms with Crippen molar-refractivity contribution in [1.82, 2.24) is 5.32 Å². The minimum Gasteiger partial charge on any atom is -0.399 e. The van der Waals surface area contributed by atoms with E-state index in [-0.39, 0.29) is 5.56 Å². The van der Waals surface area contributed by atoms with Crippen molar-refractivity contribution in [2.75, 3.05) is 5.73 Å². The second-order valence-electron chi connectivity index (χ2n) is 4.44. The Labute approximate surface area is 88.5 Å².